The van der Waals surface area contributed by atoms with Crippen molar-refractivity contribution in [3.63, 3.8) is 0 Å². The molecule has 138 valence electrons. The van der Waals surface area contributed by atoms with Crippen molar-refractivity contribution < 1.29 is 18.7 Å². The van der Waals surface area contributed by atoms with Gasteiger partial charge < -0.3 is 24.1 Å². The molecule has 0 aromatic carbocycles. The molecule has 1 aromatic rings. The van der Waals surface area contributed by atoms with Crippen LogP contribution in [0.5, 0.6) is 0 Å². The largest absolute Gasteiger partial charge is 0.467 e. The van der Waals surface area contributed by atoms with E-state index in [0.717, 1.165) is 57.3 Å². The highest BCUT2D eigenvalue weighted by atomic mass is 16.7. The molecule has 3 aliphatic rings. The van der Waals surface area contributed by atoms with Gasteiger partial charge in [0.15, 0.2) is 5.79 Å². The summed E-state index contributed by atoms with van der Waals surface area (Å²) in [6, 6.07) is 4.17. The Kier molecular flexibility index (Phi) is 4.99. The van der Waals surface area contributed by atoms with Crippen LogP contribution in [-0.4, -0.2) is 42.5 Å². The number of carbonyl (C=O) groups excluding carboxylic acids is 1. The Morgan fingerprint density at radius 3 is 2.64 bits per heavy atom. The average molecular weight is 348 g/mol. The van der Waals surface area contributed by atoms with E-state index in [0.29, 0.717) is 13.2 Å². The summed E-state index contributed by atoms with van der Waals surface area (Å²) < 4.78 is 17.2. The molecule has 2 aliphatic heterocycles. The summed E-state index contributed by atoms with van der Waals surface area (Å²) in [4.78, 5) is 14.9. The Morgan fingerprint density at radius 2 is 1.92 bits per heavy atom. The van der Waals surface area contributed by atoms with E-state index in [2.05, 4.69) is 5.32 Å². The first kappa shape index (κ1) is 16.9. The van der Waals surface area contributed by atoms with Gasteiger partial charge in [0, 0.05) is 25.4 Å². The molecule has 6 nitrogen and oxygen atoms in total. The number of amides is 2. The summed E-state index contributed by atoms with van der Waals surface area (Å²) in [5.74, 6) is 0.521. The van der Waals surface area contributed by atoms with Crippen molar-refractivity contribution in [3.05, 3.63) is 24.2 Å². The van der Waals surface area contributed by atoms with E-state index >= 15 is 0 Å². The smallest absolute Gasteiger partial charge is 0.318 e. The number of hydrogen-bond acceptors (Lipinski definition) is 4. The van der Waals surface area contributed by atoms with E-state index in [1.807, 2.05) is 17.0 Å². The fraction of sp³-hybridized carbons (Fsp3) is 0.737. The molecule has 1 aromatic heterocycles. The number of urea groups is 1. The summed E-state index contributed by atoms with van der Waals surface area (Å²) >= 11 is 0. The van der Waals surface area contributed by atoms with Gasteiger partial charge in [-0.2, -0.15) is 0 Å². The highest BCUT2D eigenvalue weighted by Gasteiger charge is 2.41. The van der Waals surface area contributed by atoms with Crippen LogP contribution in [0.4, 0.5) is 4.79 Å². The Balaban J connectivity index is 1.37. The lowest BCUT2D eigenvalue weighted by Crippen LogP contribution is -2.49. The standard InChI is InChI=1S/C19H28N2O4/c22-18(20-15-7-9-19(10-8-15)24-13-14-25-19)21-11-3-1-2-5-16(21)17-6-4-12-23-17/h4,6,12,15-16H,1-3,5,7-11,13-14H2,(H,20,22)/t16-/m1/s1. The molecule has 2 saturated heterocycles. The Labute approximate surface area is 148 Å². The van der Waals surface area contributed by atoms with Gasteiger partial charge in [0.1, 0.15) is 5.76 Å². The number of likely N-dealkylation sites (tertiary alicyclic amines) is 1. The average Bonchev–Trinajstić information content (AvgIpc) is 3.25. The second-order valence-corrected chi connectivity index (χ2v) is 7.41. The zero-order valence-electron chi connectivity index (χ0n) is 14.7. The highest BCUT2D eigenvalue weighted by Crippen LogP contribution is 2.36. The third-order valence-corrected chi connectivity index (χ3v) is 5.77. The summed E-state index contributed by atoms with van der Waals surface area (Å²) in [6.45, 7) is 2.17. The second kappa shape index (κ2) is 7.38. The molecular weight excluding hydrogens is 320 g/mol. The number of rotatable bonds is 2. The molecule has 1 aliphatic carbocycles. The first-order chi connectivity index (χ1) is 12.3. The fourth-order valence-electron chi connectivity index (χ4n) is 4.37. The molecule has 0 bridgehead atoms. The Hall–Kier alpha value is -1.53. The molecule has 2 amide bonds. The zero-order chi connectivity index (χ0) is 17.1. The minimum absolute atomic E-state index is 0.0394. The third kappa shape index (κ3) is 3.70. The van der Waals surface area contributed by atoms with Crippen LogP contribution in [0.3, 0.4) is 0 Å². The monoisotopic (exact) mass is 348 g/mol. The lowest BCUT2D eigenvalue weighted by molar-refractivity contribution is -0.179. The molecular formula is C19H28N2O4. The number of hydrogen-bond donors (Lipinski definition) is 1. The molecule has 1 N–H and O–H groups in total. The predicted molar refractivity (Wildman–Crippen MR) is 92.0 cm³/mol. The molecule has 1 spiro atoms. The van der Waals surface area contributed by atoms with Gasteiger partial charge in [0.2, 0.25) is 0 Å². The maximum Gasteiger partial charge on any atom is 0.318 e. The van der Waals surface area contributed by atoms with E-state index in [9.17, 15) is 4.79 Å². The number of furan rings is 1. The second-order valence-electron chi connectivity index (χ2n) is 7.41. The van der Waals surface area contributed by atoms with E-state index in [1.54, 1.807) is 6.26 Å². The number of nitrogens with zero attached hydrogens (tertiary/aromatic N) is 1. The van der Waals surface area contributed by atoms with Crippen molar-refractivity contribution in [1.82, 2.24) is 10.2 Å². The molecule has 0 unspecified atom stereocenters. The van der Waals surface area contributed by atoms with Gasteiger partial charge >= 0.3 is 6.03 Å². The van der Waals surface area contributed by atoms with Crippen LogP contribution in [0.15, 0.2) is 22.8 Å². The van der Waals surface area contributed by atoms with Crippen LogP contribution in [0, 0.1) is 0 Å². The van der Waals surface area contributed by atoms with Crippen molar-refractivity contribution >= 4 is 6.03 Å². The van der Waals surface area contributed by atoms with Crippen LogP contribution < -0.4 is 5.32 Å². The van der Waals surface area contributed by atoms with Gasteiger partial charge in [-0.3, -0.25) is 0 Å². The highest BCUT2D eigenvalue weighted by molar-refractivity contribution is 5.75. The molecule has 3 fully saturated rings. The van der Waals surface area contributed by atoms with Crippen LogP contribution in [0.25, 0.3) is 0 Å². The van der Waals surface area contributed by atoms with E-state index in [4.69, 9.17) is 13.9 Å². The van der Waals surface area contributed by atoms with Gasteiger partial charge in [0.05, 0.1) is 25.5 Å². The van der Waals surface area contributed by atoms with E-state index in [-0.39, 0.29) is 23.9 Å². The predicted octanol–water partition coefficient (Wildman–Crippen LogP) is 3.59. The lowest BCUT2D eigenvalue weighted by atomic mass is 9.90. The first-order valence-corrected chi connectivity index (χ1v) is 9.64. The summed E-state index contributed by atoms with van der Waals surface area (Å²) in [5.41, 5.74) is 0. The fourth-order valence-corrected chi connectivity index (χ4v) is 4.37. The molecule has 25 heavy (non-hydrogen) atoms. The van der Waals surface area contributed by atoms with Gasteiger partial charge in [-0.15, -0.1) is 0 Å². The molecule has 1 atom stereocenters. The Morgan fingerprint density at radius 1 is 1.12 bits per heavy atom. The van der Waals surface area contributed by atoms with Crippen molar-refractivity contribution in [2.75, 3.05) is 19.8 Å². The quantitative estimate of drug-likeness (QED) is 0.887. The minimum atomic E-state index is -0.374. The summed E-state index contributed by atoms with van der Waals surface area (Å²) in [5, 5.41) is 3.25. The van der Waals surface area contributed by atoms with Crippen molar-refractivity contribution in [3.8, 4) is 0 Å². The minimum Gasteiger partial charge on any atom is -0.467 e. The molecule has 6 heteroatoms. The van der Waals surface area contributed by atoms with E-state index in [1.165, 1.54) is 6.42 Å². The van der Waals surface area contributed by atoms with Gasteiger partial charge in [-0.1, -0.05) is 12.8 Å². The van der Waals surface area contributed by atoms with Gasteiger partial charge in [-0.25, -0.2) is 4.79 Å². The van der Waals surface area contributed by atoms with Crippen LogP contribution in [-0.2, 0) is 9.47 Å². The van der Waals surface area contributed by atoms with Crippen molar-refractivity contribution in [2.45, 2.75) is 69.2 Å². The normalized spacial score (nSPS) is 27.4. The van der Waals surface area contributed by atoms with Crippen LogP contribution >= 0.6 is 0 Å². The maximum atomic E-state index is 12.9. The number of nitrogens with one attached hydrogen (secondary N) is 1. The summed E-state index contributed by atoms with van der Waals surface area (Å²) in [6.07, 6.45) is 9.56. The maximum absolute atomic E-state index is 12.9. The number of ether oxygens (including phenoxy) is 2. The topological polar surface area (TPSA) is 63.9 Å². The number of carbonyl (C=O) groups is 1. The SMILES string of the molecule is O=C(NC1CCC2(CC1)OCCO2)N1CCCCC[C@@H]1c1ccco1. The van der Waals surface area contributed by atoms with Crippen LogP contribution in [0.2, 0.25) is 0 Å². The first-order valence-electron chi connectivity index (χ1n) is 9.64. The van der Waals surface area contributed by atoms with Gasteiger partial charge in [0.25, 0.3) is 0 Å². The zero-order valence-corrected chi connectivity index (χ0v) is 14.7. The van der Waals surface area contributed by atoms with Crippen molar-refractivity contribution in [2.24, 2.45) is 0 Å². The lowest BCUT2D eigenvalue weighted by Gasteiger charge is -2.37. The molecule has 1 saturated carbocycles. The van der Waals surface area contributed by atoms with Crippen LogP contribution in [0.1, 0.15) is 63.2 Å². The van der Waals surface area contributed by atoms with Crippen molar-refractivity contribution in [1.29, 1.82) is 0 Å². The molecule has 3 heterocycles. The van der Waals surface area contributed by atoms with Gasteiger partial charge in [-0.05, 0) is 37.8 Å². The summed E-state index contributed by atoms with van der Waals surface area (Å²) in [7, 11) is 0. The third-order valence-electron chi connectivity index (χ3n) is 5.77. The molecule has 0 radical (unpaired) electrons. The van der Waals surface area contributed by atoms with E-state index < -0.39 is 0 Å². The Bertz CT molecular complexity index is 558. The molecule has 4 rings (SSSR count).